The highest BCUT2D eigenvalue weighted by Crippen LogP contribution is 2.33. The minimum atomic E-state index is -0.721. The zero-order valence-corrected chi connectivity index (χ0v) is 11.5. The Labute approximate surface area is 117 Å². The van der Waals surface area contributed by atoms with Crippen LogP contribution in [-0.2, 0) is 9.53 Å². The molecule has 2 heterocycles. The van der Waals surface area contributed by atoms with Crippen molar-refractivity contribution in [1.29, 1.82) is 0 Å². The summed E-state index contributed by atoms with van der Waals surface area (Å²) in [5, 5.41) is 12.4. The lowest BCUT2D eigenvalue weighted by Crippen LogP contribution is -2.49. The van der Waals surface area contributed by atoms with Crippen LogP contribution in [0.2, 0.25) is 0 Å². The van der Waals surface area contributed by atoms with E-state index in [1.165, 1.54) is 0 Å². The van der Waals surface area contributed by atoms with Gasteiger partial charge in [-0.05, 0) is 25.8 Å². The van der Waals surface area contributed by atoms with Crippen LogP contribution in [-0.4, -0.2) is 35.6 Å². The van der Waals surface area contributed by atoms with Crippen molar-refractivity contribution in [2.24, 2.45) is 5.16 Å². The molecule has 0 bridgehead atoms. The molecule has 0 saturated carbocycles. The smallest absolute Gasteiger partial charge is 0.258 e. The summed E-state index contributed by atoms with van der Waals surface area (Å²) in [5.74, 6) is -0.000519. The number of anilines is 1. The Morgan fingerprint density at radius 3 is 2.95 bits per heavy atom. The third kappa shape index (κ3) is 1.98. The monoisotopic (exact) mass is 274 g/mol. The van der Waals surface area contributed by atoms with E-state index < -0.39 is 5.60 Å². The molecule has 0 spiro atoms. The molecule has 0 radical (unpaired) electrons. The Morgan fingerprint density at radius 2 is 2.25 bits per heavy atom. The van der Waals surface area contributed by atoms with E-state index in [0.29, 0.717) is 25.3 Å². The van der Waals surface area contributed by atoms with Gasteiger partial charge in [-0.2, -0.15) is 0 Å². The molecule has 3 rings (SSSR count). The van der Waals surface area contributed by atoms with E-state index in [1.54, 1.807) is 4.90 Å². The first-order chi connectivity index (χ1) is 9.65. The normalized spacial score (nSPS) is 27.6. The SMILES string of the molecule is CC1(C(=O)N2CC/C(=N/O)c3ccccc32)CCCO1. The molecule has 1 unspecified atom stereocenters. The molecule has 1 saturated heterocycles. The van der Waals surface area contributed by atoms with Crippen molar-refractivity contribution >= 4 is 17.3 Å². The van der Waals surface area contributed by atoms with Crippen LogP contribution in [0.15, 0.2) is 29.4 Å². The maximum atomic E-state index is 12.8. The first-order valence-electron chi connectivity index (χ1n) is 6.92. The maximum Gasteiger partial charge on any atom is 0.258 e. The van der Waals surface area contributed by atoms with Crippen LogP contribution < -0.4 is 4.90 Å². The number of amides is 1. The molecule has 1 aromatic rings. The molecule has 1 N–H and O–H groups in total. The average molecular weight is 274 g/mol. The number of rotatable bonds is 1. The lowest BCUT2D eigenvalue weighted by Gasteiger charge is -2.35. The van der Waals surface area contributed by atoms with Gasteiger partial charge in [-0.1, -0.05) is 23.4 Å². The lowest BCUT2D eigenvalue weighted by molar-refractivity contribution is -0.136. The Balaban J connectivity index is 1.98. The van der Waals surface area contributed by atoms with Gasteiger partial charge in [0.2, 0.25) is 0 Å². The van der Waals surface area contributed by atoms with Crippen molar-refractivity contribution in [2.75, 3.05) is 18.1 Å². The summed E-state index contributed by atoms with van der Waals surface area (Å²) in [4.78, 5) is 14.5. The van der Waals surface area contributed by atoms with Gasteiger partial charge in [0.25, 0.3) is 5.91 Å². The number of ether oxygens (including phenoxy) is 1. The first kappa shape index (κ1) is 13.1. The largest absolute Gasteiger partial charge is 0.411 e. The lowest BCUT2D eigenvalue weighted by atomic mass is 9.95. The standard InChI is InChI=1S/C15H18N2O3/c1-15(8-4-10-20-15)14(18)17-9-7-12(16-19)11-5-2-3-6-13(11)17/h2-3,5-6,19H,4,7-10H2,1H3/b16-12-. The number of para-hydroxylation sites is 1. The molecule has 1 amide bonds. The second-order valence-electron chi connectivity index (χ2n) is 5.45. The first-order valence-corrected chi connectivity index (χ1v) is 6.92. The Morgan fingerprint density at radius 1 is 1.45 bits per heavy atom. The summed E-state index contributed by atoms with van der Waals surface area (Å²) >= 11 is 0. The predicted molar refractivity (Wildman–Crippen MR) is 75.3 cm³/mol. The highest BCUT2D eigenvalue weighted by molar-refractivity contribution is 6.12. The molecule has 5 heteroatoms. The molecule has 0 aliphatic carbocycles. The molecule has 1 aromatic carbocycles. The minimum Gasteiger partial charge on any atom is -0.411 e. The van der Waals surface area contributed by atoms with Crippen LogP contribution in [0, 0.1) is 0 Å². The fourth-order valence-corrected chi connectivity index (χ4v) is 2.97. The highest BCUT2D eigenvalue weighted by Gasteiger charge is 2.42. The van der Waals surface area contributed by atoms with Crippen molar-refractivity contribution in [3.63, 3.8) is 0 Å². The molecule has 106 valence electrons. The molecule has 1 fully saturated rings. The third-order valence-electron chi connectivity index (χ3n) is 4.12. The predicted octanol–water partition coefficient (Wildman–Crippen LogP) is 2.17. The fourth-order valence-electron chi connectivity index (χ4n) is 2.97. The van der Waals surface area contributed by atoms with Crippen molar-refractivity contribution < 1.29 is 14.7 Å². The number of carbonyl (C=O) groups excluding carboxylic acids is 1. The van der Waals surface area contributed by atoms with Gasteiger partial charge in [-0.25, -0.2) is 0 Å². The Kier molecular flexibility index (Phi) is 3.22. The summed E-state index contributed by atoms with van der Waals surface area (Å²) in [6.45, 7) is 3.02. The zero-order chi connectivity index (χ0) is 14.2. The van der Waals surface area contributed by atoms with E-state index in [9.17, 15) is 4.79 Å². The van der Waals surface area contributed by atoms with Crippen molar-refractivity contribution in [1.82, 2.24) is 0 Å². The number of benzene rings is 1. The number of hydrogen-bond donors (Lipinski definition) is 1. The highest BCUT2D eigenvalue weighted by atomic mass is 16.5. The van der Waals surface area contributed by atoms with Gasteiger partial charge in [0.05, 0.1) is 11.4 Å². The Bertz CT molecular complexity index is 562. The minimum absolute atomic E-state index is 0.000519. The number of nitrogens with zero attached hydrogens (tertiary/aromatic N) is 2. The van der Waals surface area contributed by atoms with Gasteiger partial charge in [-0.15, -0.1) is 0 Å². The summed E-state index contributed by atoms with van der Waals surface area (Å²) in [6, 6.07) is 7.53. The number of hydrogen-bond acceptors (Lipinski definition) is 4. The van der Waals surface area contributed by atoms with Crippen LogP contribution in [0.3, 0.4) is 0 Å². The van der Waals surface area contributed by atoms with Crippen molar-refractivity contribution in [3.05, 3.63) is 29.8 Å². The topological polar surface area (TPSA) is 62.1 Å². The van der Waals surface area contributed by atoms with E-state index in [0.717, 1.165) is 24.1 Å². The Hall–Kier alpha value is -1.88. The van der Waals surface area contributed by atoms with E-state index in [2.05, 4.69) is 5.16 Å². The molecule has 2 aliphatic heterocycles. The van der Waals surface area contributed by atoms with E-state index >= 15 is 0 Å². The van der Waals surface area contributed by atoms with Gasteiger partial charge in [0.1, 0.15) is 5.60 Å². The van der Waals surface area contributed by atoms with Crippen molar-refractivity contribution in [2.45, 2.75) is 31.8 Å². The maximum absolute atomic E-state index is 12.8. The number of oxime groups is 1. The van der Waals surface area contributed by atoms with Crippen LogP contribution in [0.5, 0.6) is 0 Å². The third-order valence-corrected chi connectivity index (χ3v) is 4.12. The number of carbonyl (C=O) groups is 1. The van der Waals surface area contributed by atoms with Gasteiger partial charge in [0, 0.05) is 25.1 Å². The molecule has 2 aliphatic rings. The van der Waals surface area contributed by atoms with E-state index in [1.807, 2.05) is 31.2 Å². The molecule has 20 heavy (non-hydrogen) atoms. The summed E-state index contributed by atoms with van der Waals surface area (Å²) in [7, 11) is 0. The molecule has 5 nitrogen and oxygen atoms in total. The van der Waals surface area contributed by atoms with E-state index in [4.69, 9.17) is 9.94 Å². The molecule has 0 aromatic heterocycles. The second kappa shape index (κ2) is 4.90. The zero-order valence-electron chi connectivity index (χ0n) is 11.5. The van der Waals surface area contributed by atoms with Crippen LogP contribution in [0.4, 0.5) is 5.69 Å². The summed E-state index contributed by atoms with van der Waals surface area (Å²) < 4.78 is 5.65. The number of fused-ring (bicyclic) bond motifs is 1. The van der Waals surface area contributed by atoms with Gasteiger partial charge < -0.3 is 14.8 Å². The molecular formula is C15H18N2O3. The van der Waals surface area contributed by atoms with Gasteiger partial charge in [-0.3, -0.25) is 4.79 Å². The summed E-state index contributed by atoms with van der Waals surface area (Å²) in [6.07, 6.45) is 2.22. The quantitative estimate of drug-likeness (QED) is 0.630. The second-order valence-corrected chi connectivity index (χ2v) is 5.45. The van der Waals surface area contributed by atoms with E-state index in [-0.39, 0.29) is 5.91 Å². The summed E-state index contributed by atoms with van der Waals surface area (Å²) in [5.41, 5.74) is 1.52. The van der Waals surface area contributed by atoms with Crippen LogP contribution in [0.25, 0.3) is 0 Å². The fraction of sp³-hybridized carbons (Fsp3) is 0.467. The van der Waals surface area contributed by atoms with Gasteiger partial charge in [0.15, 0.2) is 0 Å². The molecule has 1 atom stereocenters. The van der Waals surface area contributed by atoms with Crippen LogP contribution in [0.1, 0.15) is 31.7 Å². The van der Waals surface area contributed by atoms with Crippen LogP contribution >= 0.6 is 0 Å². The van der Waals surface area contributed by atoms with Gasteiger partial charge >= 0.3 is 0 Å². The average Bonchev–Trinajstić information content (AvgIpc) is 2.93. The molecular weight excluding hydrogens is 256 g/mol. The van der Waals surface area contributed by atoms with Crippen molar-refractivity contribution in [3.8, 4) is 0 Å².